The molecule has 0 unspecified atom stereocenters. The van der Waals surface area contributed by atoms with Crippen molar-refractivity contribution >= 4 is 58.3 Å². The summed E-state index contributed by atoms with van der Waals surface area (Å²) >= 11 is 2.43. The number of sulfonamides is 1. The molecule has 2 aromatic heterocycles. The van der Waals surface area contributed by atoms with Crippen LogP contribution < -0.4 is 4.31 Å². The summed E-state index contributed by atoms with van der Waals surface area (Å²) in [5.74, 6) is -0.277. The summed E-state index contributed by atoms with van der Waals surface area (Å²) in [6.45, 7) is -0.150. The standard InChI is InChI=1S/C21H14N2O4S4/c22-13-16-6-7-19(28-16)15-5-8-20-17(11-15)23(9-10-30(20,24)25)31(26,27)21-12-14-3-1-2-4-18(14)29-21/h1-8,11-12H,9-10H2. The summed E-state index contributed by atoms with van der Waals surface area (Å²) in [6, 6.07) is 19.2. The fourth-order valence-corrected chi connectivity index (χ4v) is 8.93. The average Bonchev–Trinajstić information content (AvgIpc) is 3.40. The van der Waals surface area contributed by atoms with Crippen molar-refractivity contribution in [3.8, 4) is 16.5 Å². The van der Waals surface area contributed by atoms with Gasteiger partial charge in [0, 0.05) is 16.1 Å². The van der Waals surface area contributed by atoms with Crippen molar-refractivity contribution in [2.75, 3.05) is 16.6 Å². The van der Waals surface area contributed by atoms with Gasteiger partial charge in [-0.1, -0.05) is 24.3 Å². The lowest BCUT2D eigenvalue weighted by Crippen LogP contribution is -2.39. The molecule has 6 nitrogen and oxygen atoms in total. The van der Waals surface area contributed by atoms with E-state index in [1.165, 1.54) is 33.0 Å². The number of hydrogen-bond acceptors (Lipinski definition) is 7. The van der Waals surface area contributed by atoms with E-state index in [4.69, 9.17) is 5.26 Å². The Kier molecular flexibility index (Phi) is 4.67. The topological polar surface area (TPSA) is 95.3 Å². The van der Waals surface area contributed by atoms with Crippen LogP contribution in [0.2, 0.25) is 0 Å². The Balaban J connectivity index is 1.67. The molecule has 0 fully saturated rings. The third-order valence-corrected chi connectivity index (χ3v) is 11.2. The van der Waals surface area contributed by atoms with Crippen LogP contribution in [-0.4, -0.2) is 29.1 Å². The van der Waals surface area contributed by atoms with Gasteiger partial charge in [0.1, 0.15) is 15.2 Å². The predicted octanol–water partition coefficient (Wildman–Crippen LogP) is 4.48. The summed E-state index contributed by atoms with van der Waals surface area (Å²) in [4.78, 5) is 1.29. The quantitative estimate of drug-likeness (QED) is 0.425. The maximum atomic E-state index is 13.5. The highest BCUT2D eigenvalue weighted by atomic mass is 32.2. The fourth-order valence-electron chi connectivity index (χ4n) is 3.56. The molecule has 0 bridgehead atoms. The van der Waals surface area contributed by atoms with Gasteiger partial charge in [0.2, 0.25) is 0 Å². The van der Waals surface area contributed by atoms with Crippen LogP contribution in [0.3, 0.4) is 0 Å². The Morgan fingerprint density at radius 3 is 2.55 bits per heavy atom. The van der Waals surface area contributed by atoms with E-state index < -0.39 is 19.9 Å². The van der Waals surface area contributed by atoms with Crippen molar-refractivity contribution in [2.24, 2.45) is 0 Å². The molecule has 0 aliphatic carbocycles. The van der Waals surface area contributed by atoms with E-state index in [1.807, 2.05) is 24.3 Å². The second-order valence-corrected chi connectivity index (χ2v) is 13.3. The minimum atomic E-state index is -3.95. The maximum Gasteiger partial charge on any atom is 0.273 e. The van der Waals surface area contributed by atoms with Crippen LogP contribution in [0.5, 0.6) is 0 Å². The van der Waals surface area contributed by atoms with E-state index in [1.54, 1.807) is 30.3 Å². The van der Waals surface area contributed by atoms with Gasteiger partial charge >= 0.3 is 0 Å². The van der Waals surface area contributed by atoms with Crippen LogP contribution in [-0.2, 0) is 19.9 Å². The molecule has 1 aliphatic rings. The first-order valence-corrected chi connectivity index (χ1v) is 13.9. The van der Waals surface area contributed by atoms with Gasteiger partial charge in [0.15, 0.2) is 9.84 Å². The number of nitriles is 1. The highest BCUT2D eigenvalue weighted by Gasteiger charge is 2.36. The van der Waals surface area contributed by atoms with Crippen molar-refractivity contribution in [2.45, 2.75) is 9.10 Å². The third-order valence-electron chi connectivity index (χ3n) is 5.07. The Morgan fingerprint density at radius 1 is 1.00 bits per heavy atom. The van der Waals surface area contributed by atoms with Crippen molar-refractivity contribution < 1.29 is 16.8 Å². The number of sulfone groups is 1. The molecule has 1 aliphatic heterocycles. The molecular weight excluding hydrogens is 473 g/mol. The SMILES string of the molecule is N#Cc1ccc(-c2ccc3c(c2)N(S(=O)(=O)c2cc4ccccc4s2)CCS3(=O)=O)s1. The molecule has 10 heteroatoms. The Hall–Kier alpha value is -2.71. The van der Waals surface area contributed by atoms with Gasteiger partial charge in [0.25, 0.3) is 10.0 Å². The number of hydrogen-bond donors (Lipinski definition) is 0. The Morgan fingerprint density at radius 2 is 1.81 bits per heavy atom. The Bertz CT molecular complexity index is 1560. The third kappa shape index (κ3) is 3.34. The number of fused-ring (bicyclic) bond motifs is 2. The van der Waals surface area contributed by atoms with Crippen LogP contribution in [0, 0.1) is 11.3 Å². The van der Waals surface area contributed by atoms with Crippen molar-refractivity contribution in [3.05, 3.63) is 65.5 Å². The van der Waals surface area contributed by atoms with E-state index >= 15 is 0 Å². The smallest absolute Gasteiger partial charge is 0.263 e. The minimum absolute atomic E-state index is 0.00393. The van der Waals surface area contributed by atoms with Crippen LogP contribution in [0.4, 0.5) is 5.69 Å². The van der Waals surface area contributed by atoms with Gasteiger partial charge < -0.3 is 0 Å². The fraction of sp³-hybridized carbons (Fsp3) is 0.0952. The van der Waals surface area contributed by atoms with Gasteiger partial charge in [-0.15, -0.1) is 22.7 Å². The largest absolute Gasteiger partial charge is 0.273 e. The molecule has 31 heavy (non-hydrogen) atoms. The molecule has 0 amide bonds. The number of anilines is 1. The average molecular weight is 487 g/mol. The second-order valence-electron chi connectivity index (χ2n) is 6.96. The molecule has 0 spiro atoms. The summed E-state index contributed by atoms with van der Waals surface area (Å²) < 4.78 is 54.6. The first-order valence-electron chi connectivity index (χ1n) is 9.18. The van der Waals surface area contributed by atoms with Gasteiger partial charge in [0.05, 0.1) is 16.3 Å². The lowest BCUT2D eigenvalue weighted by atomic mass is 10.1. The molecule has 0 atom stereocenters. The zero-order chi connectivity index (χ0) is 21.8. The van der Waals surface area contributed by atoms with Crippen molar-refractivity contribution in [1.29, 1.82) is 5.26 Å². The number of benzene rings is 2. The monoisotopic (exact) mass is 486 g/mol. The van der Waals surface area contributed by atoms with Gasteiger partial charge in [-0.25, -0.2) is 16.8 Å². The molecule has 3 heterocycles. The molecule has 0 saturated heterocycles. The zero-order valence-corrected chi connectivity index (χ0v) is 19.1. The van der Waals surface area contributed by atoms with Crippen LogP contribution in [0.25, 0.3) is 20.5 Å². The summed E-state index contributed by atoms with van der Waals surface area (Å²) in [5, 5.41) is 9.91. The molecule has 0 radical (unpaired) electrons. The zero-order valence-electron chi connectivity index (χ0n) is 15.8. The van der Waals surface area contributed by atoms with E-state index in [0.717, 1.165) is 15.0 Å². The molecular formula is C21H14N2O4S4. The normalized spacial score (nSPS) is 15.5. The van der Waals surface area contributed by atoms with Gasteiger partial charge in [-0.05, 0) is 47.3 Å². The van der Waals surface area contributed by atoms with Crippen LogP contribution >= 0.6 is 22.7 Å². The van der Waals surface area contributed by atoms with Crippen molar-refractivity contribution in [3.63, 3.8) is 0 Å². The summed E-state index contributed by atoms with van der Waals surface area (Å²) in [7, 11) is -7.54. The van der Waals surface area contributed by atoms with E-state index in [2.05, 4.69) is 6.07 Å². The molecule has 156 valence electrons. The highest BCUT2D eigenvalue weighted by molar-refractivity contribution is 7.95. The lowest BCUT2D eigenvalue weighted by molar-refractivity contribution is 0.585. The lowest BCUT2D eigenvalue weighted by Gasteiger charge is -2.30. The van der Waals surface area contributed by atoms with Gasteiger partial charge in [-0.3, -0.25) is 4.31 Å². The first kappa shape index (κ1) is 20.2. The summed E-state index contributed by atoms with van der Waals surface area (Å²) in [5.41, 5.74) is 0.812. The summed E-state index contributed by atoms with van der Waals surface area (Å²) in [6.07, 6.45) is 0. The Labute approximate surface area is 187 Å². The molecule has 2 aromatic carbocycles. The molecule has 0 saturated carbocycles. The van der Waals surface area contributed by atoms with Crippen LogP contribution in [0.1, 0.15) is 4.88 Å². The minimum Gasteiger partial charge on any atom is -0.263 e. The molecule has 5 rings (SSSR count). The maximum absolute atomic E-state index is 13.5. The van der Waals surface area contributed by atoms with E-state index in [0.29, 0.717) is 10.4 Å². The van der Waals surface area contributed by atoms with Gasteiger partial charge in [-0.2, -0.15) is 5.26 Å². The number of rotatable bonds is 3. The molecule has 4 aromatic rings. The number of thiophene rings is 2. The van der Waals surface area contributed by atoms with E-state index in [-0.39, 0.29) is 27.1 Å². The second kappa shape index (κ2) is 7.17. The first-order chi connectivity index (χ1) is 14.8. The number of nitrogens with zero attached hydrogens (tertiary/aromatic N) is 2. The van der Waals surface area contributed by atoms with Crippen LogP contribution in [0.15, 0.2) is 69.8 Å². The highest BCUT2D eigenvalue weighted by Crippen LogP contribution is 2.40. The predicted molar refractivity (Wildman–Crippen MR) is 123 cm³/mol. The van der Waals surface area contributed by atoms with E-state index in [9.17, 15) is 16.8 Å². The van der Waals surface area contributed by atoms with Crippen molar-refractivity contribution in [1.82, 2.24) is 0 Å². The molecule has 0 N–H and O–H groups in total.